The Balaban J connectivity index is 1.85. The summed E-state index contributed by atoms with van der Waals surface area (Å²) in [6.45, 7) is 3.87. The molecule has 0 bridgehead atoms. The number of carbonyl (C=O) groups is 2. The molecule has 2 aromatic carbocycles. The molecule has 192 valence electrons. The van der Waals surface area contributed by atoms with Crippen LogP contribution in [-0.2, 0) is 15.8 Å². The van der Waals surface area contributed by atoms with Gasteiger partial charge in [0, 0.05) is 37.3 Å². The van der Waals surface area contributed by atoms with E-state index in [0.717, 1.165) is 43.6 Å². The number of nitrogens with zero attached hydrogens (tertiary/aromatic N) is 1. The molecular weight excluding hydrogens is 455 g/mol. The lowest BCUT2D eigenvalue weighted by Crippen LogP contribution is -2.32. The van der Waals surface area contributed by atoms with Crippen LogP contribution < -0.4 is 10.6 Å². The molecule has 0 aliphatic heterocycles. The standard InChI is InChI=1S/C27H36F3N3O2/c1-2-3-4-5-6-10-18-33(19-16-25(34)31-23-13-8-7-9-14-23)20-17-26(35)32-24-15-11-12-22(21-24)27(28,29)30/h7-9,11-15,21H,2-6,10,16-20H2,1H3,(H,31,34)(H,32,35). The van der Waals surface area contributed by atoms with Crippen LogP contribution in [0.5, 0.6) is 0 Å². The summed E-state index contributed by atoms with van der Waals surface area (Å²) in [5, 5.41) is 5.42. The fourth-order valence-electron chi connectivity index (χ4n) is 3.71. The zero-order valence-electron chi connectivity index (χ0n) is 20.4. The predicted octanol–water partition coefficient (Wildman–Crippen LogP) is 6.73. The minimum absolute atomic E-state index is 0.0995. The highest BCUT2D eigenvalue weighted by Crippen LogP contribution is 2.30. The first-order valence-corrected chi connectivity index (χ1v) is 12.3. The number of hydrogen-bond acceptors (Lipinski definition) is 3. The largest absolute Gasteiger partial charge is 0.416 e. The van der Waals surface area contributed by atoms with Crippen molar-refractivity contribution in [3.8, 4) is 0 Å². The monoisotopic (exact) mass is 491 g/mol. The smallest absolute Gasteiger partial charge is 0.326 e. The molecule has 0 unspecified atom stereocenters. The van der Waals surface area contributed by atoms with E-state index < -0.39 is 11.7 Å². The summed E-state index contributed by atoms with van der Waals surface area (Å²) in [6, 6.07) is 13.8. The van der Waals surface area contributed by atoms with E-state index in [1.807, 2.05) is 30.3 Å². The van der Waals surface area contributed by atoms with Gasteiger partial charge < -0.3 is 15.5 Å². The molecule has 0 aromatic heterocycles. The van der Waals surface area contributed by atoms with Crippen LogP contribution in [0.4, 0.5) is 24.5 Å². The lowest BCUT2D eigenvalue weighted by atomic mass is 10.1. The first-order chi connectivity index (χ1) is 16.8. The van der Waals surface area contributed by atoms with Gasteiger partial charge in [-0.05, 0) is 43.3 Å². The summed E-state index contributed by atoms with van der Waals surface area (Å²) in [7, 11) is 0. The molecule has 0 heterocycles. The Labute approximate surface area is 206 Å². The number of halogens is 3. The number of rotatable bonds is 15. The number of carbonyl (C=O) groups excluding carboxylic acids is 2. The zero-order chi connectivity index (χ0) is 25.5. The van der Waals surface area contributed by atoms with Crippen molar-refractivity contribution in [2.75, 3.05) is 30.3 Å². The van der Waals surface area contributed by atoms with Crippen LogP contribution in [0, 0.1) is 0 Å². The lowest BCUT2D eigenvalue weighted by Gasteiger charge is -2.22. The topological polar surface area (TPSA) is 61.4 Å². The van der Waals surface area contributed by atoms with Crippen molar-refractivity contribution < 1.29 is 22.8 Å². The zero-order valence-corrected chi connectivity index (χ0v) is 20.4. The summed E-state index contributed by atoms with van der Waals surface area (Å²) in [4.78, 5) is 26.8. The number of hydrogen-bond donors (Lipinski definition) is 2. The third kappa shape index (κ3) is 11.9. The summed E-state index contributed by atoms with van der Waals surface area (Å²) in [5.41, 5.74) is 0.0550. The van der Waals surface area contributed by atoms with E-state index in [1.165, 1.54) is 31.4 Å². The van der Waals surface area contributed by atoms with E-state index in [9.17, 15) is 22.8 Å². The lowest BCUT2D eigenvalue weighted by molar-refractivity contribution is -0.137. The van der Waals surface area contributed by atoms with Crippen molar-refractivity contribution in [2.24, 2.45) is 0 Å². The fourth-order valence-corrected chi connectivity index (χ4v) is 3.71. The minimum Gasteiger partial charge on any atom is -0.326 e. The summed E-state index contributed by atoms with van der Waals surface area (Å²) >= 11 is 0. The molecule has 2 aromatic rings. The Morgan fingerprint density at radius 3 is 1.94 bits per heavy atom. The average Bonchev–Trinajstić information content (AvgIpc) is 2.82. The summed E-state index contributed by atoms with van der Waals surface area (Å²) in [5.74, 6) is -0.455. The molecule has 8 heteroatoms. The van der Waals surface area contributed by atoms with Crippen molar-refractivity contribution in [1.29, 1.82) is 0 Å². The van der Waals surface area contributed by atoms with Gasteiger partial charge in [0.15, 0.2) is 0 Å². The van der Waals surface area contributed by atoms with Gasteiger partial charge in [0.1, 0.15) is 0 Å². The molecule has 0 aliphatic rings. The van der Waals surface area contributed by atoms with Gasteiger partial charge in [-0.25, -0.2) is 0 Å². The second-order valence-electron chi connectivity index (χ2n) is 8.65. The number of nitrogens with one attached hydrogen (secondary N) is 2. The average molecular weight is 492 g/mol. The highest BCUT2D eigenvalue weighted by Gasteiger charge is 2.30. The predicted molar refractivity (Wildman–Crippen MR) is 134 cm³/mol. The number of amides is 2. The Bertz CT molecular complexity index is 904. The maximum atomic E-state index is 12.9. The molecule has 5 nitrogen and oxygen atoms in total. The van der Waals surface area contributed by atoms with E-state index >= 15 is 0 Å². The van der Waals surface area contributed by atoms with Gasteiger partial charge in [-0.1, -0.05) is 63.3 Å². The van der Waals surface area contributed by atoms with Crippen LogP contribution in [0.25, 0.3) is 0 Å². The van der Waals surface area contributed by atoms with Crippen molar-refractivity contribution >= 4 is 23.2 Å². The molecule has 35 heavy (non-hydrogen) atoms. The van der Waals surface area contributed by atoms with Gasteiger partial charge in [0.05, 0.1) is 5.56 Å². The second-order valence-corrected chi connectivity index (χ2v) is 8.65. The van der Waals surface area contributed by atoms with Gasteiger partial charge in [0.2, 0.25) is 11.8 Å². The van der Waals surface area contributed by atoms with Crippen LogP contribution in [0.3, 0.4) is 0 Å². The van der Waals surface area contributed by atoms with Crippen molar-refractivity contribution in [3.05, 3.63) is 60.2 Å². The number of anilines is 2. The molecule has 2 amide bonds. The third-order valence-corrected chi connectivity index (χ3v) is 5.67. The molecule has 2 rings (SSSR count). The number of unbranched alkanes of at least 4 members (excludes halogenated alkanes) is 5. The molecule has 0 fully saturated rings. The Kier molecular flexibility index (Phi) is 12.3. The maximum absolute atomic E-state index is 12.9. The summed E-state index contributed by atoms with van der Waals surface area (Å²) in [6.07, 6.45) is 2.79. The first-order valence-electron chi connectivity index (χ1n) is 12.3. The highest BCUT2D eigenvalue weighted by atomic mass is 19.4. The summed E-state index contributed by atoms with van der Waals surface area (Å²) < 4.78 is 38.7. The van der Waals surface area contributed by atoms with E-state index in [4.69, 9.17) is 0 Å². The van der Waals surface area contributed by atoms with E-state index in [1.54, 1.807) is 0 Å². The number of benzene rings is 2. The molecule has 0 aliphatic carbocycles. The van der Waals surface area contributed by atoms with Gasteiger partial charge in [-0.3, -0.25) is 9.59 Å². The van der Waals surface area contributed by atoms with E-state index in [2.05, 4.69) is 22.5 Å². The molecule has 0 radical (unpaired) electrons. The second kappa shape index (κ2) is 15.2. The van der Waals surface area contributed by atoms with Crippen LogP contribution in [0.2, 0.25) is 0 Å². The van der Waals surface area contributed by atoms with Crippen molar-refractivity contribution in [2.45, 2.75) is 64.5 Å². The number of para-hydroxylation sites is 1. The Hall–Kier alpha value is -2.87. The van der Waals surface area contributed by atoms with Crippen molar-refractivity contribution in [1.82, 2.24) is 4.90 Å². The minimum atomic E-state index is -4.46. The molecule has 0 spiro atoms. The van der Waals surface area contributed by atoms with Gasteiger partial charge in [-0.2, -0.15) is 13.2 Å². The van der Waals surface area contributed by atoms with Gasteiger partial charge in [-0.15, -0.1) is 0 Å². The number of alkyl halides is 3. The molecule has 2 N–H and O–H groups in total. The van der Waals surface area contributed by atoms with Crippen LogP contribution >= 0.6 is 0 Å². The molecule has 0 saturated heterocycles. The molecule has 0 atom stereocenters. The SMILES string of the molecule is CCCCCCCCN(CCC(=O)Nc1ccccc1)CCC(=O)Nc1cccc(C(F)(F)F)c1. The third-order valence-electron chi connectivity index (χ3n) is 5.67. The van der Waals surface area contributed by atoms with Crippen LogP contribution in [0.1, 0.15) is 63.9 Å². The Morgan fingerprint density at radius 2 is 1.31 bits per heavy atom. The Morgan fingerprint density at radius 1 is 0.743 bits per heavy atom. The van der Waals surface area contributed by atoms with E-state index in [0.29, 0.717) is 19.5 Å². The van der Waals surface area contributed by atoms with Gasteiger partial charge >= 0.3 is 6.18 Å². The van der Waals surface area contributed by atoms with E-state index in [-0.39, 0.29) is 23.9 Å². The molecule has 0 saturated carbocycles. The first kappa shape index (κ1) is 28.4. The van der Waals surface area contributed by atoms with Crippen LogP contribution in [-0.4, -0.2) is 36.3 Å². The van der Waals surface area contributed by atoms with Crippen LogP contribution in [0.15, 0.2) is 54.6 Å². The maximum Gasteiger partial charge on any atom is 0.416 e. The normalized spacial score (nSPS) is 11.5. The molecular formula is C27H36F3N3O2. The fraction of sp³-hybridized carbons (Fsp3) is 0.481. The quantitative estimate of drug-likeness (QED) is 0.272. The van der Waals surface area contributed by atoms with Crippen molar-refractivity contribution in [3.63, 3.8) is 0 Å². The van der Waals surface area contributed by atoms with Gasteiger partial charge in [0.25, 0.3) is 0 Å². The highest BCUT2D eigenvalue weighted by molar-refractivity contribution is 5.91.